The summed E-state index contributed by atoms with van der Waals surface area (Å²) in [5.41, 5.74) is 9.87. The van der Waals surface area contributed by atoms with E-state index in [4.69, 9.17) is 9.97 Å². The van der Waals surface area contributed by atoms with Gasteiger partial charge in [-0.2, -0.15) is 0 Å². The lowest BCUT2D eigenvalue weighted by Crippen LogP contribution is -2.18. The molecule has 0 bridgehead atoms. The van der Waals surface area contributed by atoms with Crippen LogP contribution in [0.3, 0.4) is 0 Å². The topological polar surface area (TPSA) is 25.8 Å². The van der Waals surface area contributed by atoms with Crippen molar-refractivity contribution in [2.45, 2.75) is 13.1 Å². The molecular weight excluding hydrogens is 419 g/mol. The maximum Gasteiger partial charge on any atom is 0.0695 e. The van der Waals surface area contributed by atoms with E-state index in [-0.39, 0.29) is 0 Å². The predicted octanol–water partition coefficient (Wildman–Crippen LogP) is 6.75. The first-order chi connectivity index (χ1) is 16.3. The van der Waals surface area contributed by atoms with Crippen molar-refractivity contribution in [1.29, 1.82) is 0 Å². The molecule has 2 nitrogen and oxygen atoms in total. The van der Waals surface area contributed by atoms with Gasteiger partial charge in [0.2, 0.25) is 0 Å². The van der Waals surface area contributed by atoms with E-state index in [1.54, 1.807) is 0 Å². The van der Waals surface area contributed by atoms with Crippen molar-refractivity contribution in [3.8, 4) is 22.3 Å². The number of aryl methyl sites for hydroxylation is 1. The van der Waals surface area contributed by atoms with E-state index < -0.39 is 7.92 Å². The molecule has 0 atom stereocenters. The van der Waals surface area contributed by atoms with Crippen LogP contribution in [0.2, 0.25) is 0 Å². The minimum absolute atomic E-state index is 0.711. The summed E-state index contributed by atoms with van der Waals surface area (Å²) in [5.74, 6) is 0. The standard InChI is InChI=1S/C30H25N2P/c1-23-20-27(24-12-4-2-5-13-24)28(25-14-6-3-7-15-25)21-26(23)22-33(29-16-8-10-18-31-29)30-17-9-11-19-32-30/h2-21H,22H2,1H3. The molecule has 0 fully saturated rings. The molecule has 0 saturated carbocycles. The molecule has 160 valence electrons. The molecule has 0 aliphatic heterocycles. The fraction of sp³-hybridized carbons (Fsp3) is 0.0667. The van der Waals surface area contributed by atoms with Crippen molar-refractivity contribution in [2.24, 2.45) is 0 Å². The molecule has 3 heteroatoms. The molecule has 0 spiro atoms. The molecule has 0 unspecified atom stereocenters. The van der Waals surface area contributed by atoms with Crippen molar-refractivity contribution in [3.63, 3.8) is 0 Å². The molecule has 2 heterocycles. The summed E-state index contributed by atoms with van der Waals surface area (Å²) in [6.07, 6.45) is 4.67. The zero-order chi connectivity index (χ0) is 22.5. The normalized spacial score (nSPS) is 11.0. The molecule has 0 saturated heterocycles. The highest BCUT2D eigenvalue weighted by atomic mass is 31.1. The Morgan fingerprint density at radius 1 is 0.576 bits per heavy atom. The highest BCUT2D eigenvalue weighted by Crippen LogP contribution is 2.41. The lowest BCUT2D eigenvalue weighted by Gasteiger charge is -2.20. The van der Waals surface area contributed by atoms with E-state index in [0.717, 1.165) is 17.0 Å². The first-order valence-electron chi connectivity index (χ1n) is 11.1. The zero-order valence-corrected chi connectivity index (χ0v) is 19.5. The Morgan fingerprint density at radius 3 is 1.55 bits per heavy atom. The number of hydrogen-bond donors (Lipinski definition) is 0. The molecule has 33 heavy (non-hydrogen) atoms. The van der Waals surface area contributed by atoms with Gasteiger partial charge in [-0.25, -0.2) is 0 Å². The van der Waals surface area contributed by atoms with Crippen LogP contribution < -0.4 is 10.9 Å². The van der Waals surface area contributed by atoms with Gasteiger partial charge in [0.15, 0.2) is 0 Å². The van der Waals surface area contributed by atoms with Crippen LogP contribution in [0.25, 0.3) is 22.3 Å². The van der Waals surface area contributed by atoms with Gasteiger partial charge in [-0.05, 0) is 70.6 Å². The molecular formula is C30H25N2P. The Morgan fingerprint density at radius 2 is 1.06 bits per heavy atom. The van der Waals surface area contributed by atoms with Crippen LogP contribution in [-0.4, -0.2) is 9.97 Å². The third kappa shape index (κ3) is 4.77. The van der Waals surface area contributed by atoms with Crippen molar-refractivity contribution >= 4 is 18.8 Å². The Balaban J connectivity index is 1.63. The average Bonchev–Trinajstić information content (AvgIpc) is 2.90. The van der Waals surface area contributed by atoms with Crippen LogP contribution in [-0.2, 0) is 6.16 Å². The van der Waals surface area contributed by atoms with Crippen molar-refractivity contribution < 1.29 is 0 Å². The molecule has 2 aromatic heterocycles. The van der Waals surface area contributed by atoms with E-state index in [2.05, 4.69) is 104 Å². The highest BCUT2D eigenvalue weighted by Gasteiger charge is 2.20. The number of rotatable bonds is 6. The molecule has 5 rings (SSSR count). The number of hydrogen-bond acceptors (Lipinski definition) is 2. The summed E-state index contributed by atoms with van der Waals surface area (Å²) < 4.78 is 0. The second kappa shape index (κ2) is 9.90. The number of benzene rings is 3. The first kappa shape index (κ1) is 21.2. The Kier molecular flexibility index (Phi) is 6.37. The first-order valence-corrected chi connectivity index (χ1v) is 12.7. The quantitative estimate of drug-likeness (QED) is 0.271. The molecule has 0 aliphatic rings. The molecule has 3 aromatic carbocycles. The van der Waals surface area contributed by atoms with E-state index in [0.29, 0.717) is 0 Å². The molecule has 5 aromatic rings. The molecule has 0 aliphatic carbocycles. The average molecular weight is 445 g/mol. The summed E-state index contributed by atoms with van der Waals surface area (Å²) >= 11 is 0. The maximum absolute atomic E-state index is 4.72. The minimum atomic E-state index is -0.711. The lowest BCUT2D eigenvalue weighted by atomic mass is 9.91. The lowest BCUT2D eigenvalue weighted by molar-refractivity contribution is 1.28. The van der Waals surface area contributed by atoms with Crippen LogP contribution in [0.15, 0.2) is 122 Å². The Labute approximate surface area is 196 Å². The molecule has 0 N–H and O–H groups in total. The monoisotopic (exact) mass is 444 g/mol. The molecule has 0 amide bonds. The number of pyridine rings is 2. The zero-order valence-electron chi connectivity index (χ0n) is 18.6. The van der Waals surface area contributed by atoms with Crippen LogP contribution in [0.1, 0.15) is 11.1 Å². The van der Waals surface area contributed by atoms with Gasteiger partial charge < -0.3 is 0 Å². The van der Waals surface area contributed by atoms with E-state index in [1.807, 2.05) is 24.5 Å². The summed E-state index contributed by atoms with van der Waals surface area (Å²) in [6, 6.07) is 38.4. The van der Waals surface area contributed by atoms with Crippen molar-refractivity contribution in [3.05, 3.63) is 133 Å². The Bertz CT molecular complexity index is 1280. The third-order valence-corrected chi connectivity index (χ3v) is 8.12. The Hall–Kier alpha value is -3.61. The van der Waals surface area contributed by atoms with Gasteiger partial charge in [0.25, 0.3) is 0 Å². The van der Waals surface area contributed by atoms with Crippen LogP contribution in [0.5, 0.6) is 0 Å². The number of aromatic nitrogens is 2. The summed E-state index contributed by atoms with van der Waals surface area (Å²) in [5, 5.41) is 0. The number of nitrogens with zero attached hydrogens (tertiary/aromatic N) is 2. The molecule has 0 radical (unpaired) electrons. The second-order valence-electron chi connectivity index (χ2n) is 8.02. The highest BCUT2D eigenvalue weighted by molar-refractivity contribution is 7.71. The van der Waals surface area contributed by atoms with Gasteiger partial charge in [0, 0.05) is 26.5 Å². The van der Waals surface area contributed by atoms with Gasteiger partial charge >= 0.3 is 0 Å². The minimum Gasteiger partial charge on any atom is -0.256 e. The van der Waals surface area contributed by atoms with Gasteiger partial charge in [-0.3, -0.25) is 9.97 Å². The van der Waals surface area contributed by atoms with Crippen molar-refractivity contribution in [2.75, 3.05) is 0 Å². The summed E-state index contributed by atoms with van der Waals surface area (Å²) in [4.78, 5) is 9.43. The van der Waals surface area contributed by atoms with Crippen LogP contribution >= 0.6 is 7.92 Å². The smallest absolute Gasteiger partial charge is 0.0695 e. The van der Waals surface area contributed by atoms with Crippen LogP contribution in [0, 0.1) is 6.92 Å². The summed E-state index contributed by atoms with van der Waals surface area (Å²) in [7, 11) is -0.711. The SMILES string of the molecule is Cc1cc(-c2ccccc2)c(-c2ccccc2)cc1CP(c1ccccn1)c1ccccn1. The van der Waals surface area contributed by atoms with Gasteiger partial charge in [-0.1, -0.05) is 78.9 Å². The van der Waals surface area contributed by atoms with E-state index in [9.17, 15) is 0 Å². The fourth-order valence-corrected chi connectivity index (χ4v) is 6.30. The predicted molar refractivity (Wildman–Crippen MR) is 140 cm³/mol. The fourth-order valence-electron chi connectivity index (χ4n) is 4.11. The van der Waals surface area contributed by atoms with E-state index >= 15 is 0 Å². The van der Waals surface area contributed by atoms with Crippen LogP contribution in [0.4, 0.5) is 0 Å². The summed E-state index contributed by atoms with van der Waals surface area (Å²) in [6.45, 7) is 2.22. The van der Waals surface area contributed by atoms with Gasteiger partial charge in [0.1, 0.15) is 0 Å². The van der Waals surface area contributed by atoms with E-state index in [1.165, 1.54) is 33.4 Å². The van der Waals surface area contributed by atoms with Gasteiger partial charge in [-0.15, -0.1) is 0 Å². The van der Waals surface area contributed by atoms with Gasteiger partial charge in [0.05, 0.1) is 10.9 Å². The third-order valence-electron chi connectivity index (χ3n) is 5.83. The second-order valence-corrected chi connectivity index (χ2v) is 10.1. The largest absolute Gasteiger partial charge is 0.256 e. The van der Waals surface area contributed by atoms with Crippen molar-refractivity contribution in [1.82, 2.24) is 9.97 Å². The maximum atomic E-state index is 4.72.